The third-order valence-corrected chi connectivity index (χ3v) is 4.14. The first-order valence-electron chi connectivity index (χ1n) is 5.78. The van der Waals surface area contributed by atoms with Crippen molar-refractivity contribution in [2.75, 3.05) is 5.32 Å². The number of hydrogen-bond acceptors (Lipinski definition) is 2. The third-order valence-electron chi connectivity index (χ3n) is 2.58. The van der Waals surface area contributed by atoms with E-state index in [9.17, 15) is 13.2 Å². The zero-order chi connectivity index (χ0) is 14.5. The molecule has 20 heavy (non-hydrogen) atoms. The Bertz CT molecular complexity index is 592. The molecule has 106 valence electrons. The highest BCUT2D eigenvalue weighted by atomic mass is 79.9. The van der Waals surface area contributed by atoms with Crippen LogP contribution in [-0.4, -0.2) is 5.76 Å². The molecule has 0 spiro atoms. The van der Waals surface area contributed by atoms with Crippen LogP contribution in [0.4, 0.5) is 18.9 Å². The lowest BCUT2D eigenvalue weighted by Gasteiger charge is -2.12. The predicted octanol–water partition coefficient (Wildman–Crippen LogP) is 5.52. The zero-order valence-corrected chi connectivity index (χ0v) is 12.6. The maximum atomic E-state index is 13.2. The van der Waals surface area contributed by atoms with Gasteiger partial charge in [-0.2, -0.15) is 8.78 Å². The van der Waals surface area contributed by atoms with Gasteiger partial charge in [0.25, 0.3) is 5.76 Å². The molecule has 2 aromatic carbocycles. The van der Waals surface area contributed by atoms with Crippen molar-refractivity contribution in [3.05, 3.63) is 58.3 Å². The molecule has 0 aromatic heterocycles. The van der Waals surface area contributed by atoms with E-state index in [-0.39, 0.29) is 5.82 Å². The smallest absolute Gasteiger partial charge is 0.288 e. The van der Waals surface area contributed by atoms with E-state index in [0.29, 0.717) is 28.9 Å². The van der Waals surface area contributed by atoms with Crippen molar-refractivity contribution >= 4 is 33.4 Å². The Morgan fingerprint density at radius 2 is 1.90 bits per heavy atom. The minimum absolute atomic E-state index is 0.333. The predicted molar refractivity (Wildman–Crippen MR) is 79.7 cm³/mol. The summed E-state index contributed by atoms with van der Waals surface area (Å²) in [6.45, 7) is 0.346. The number of halogens is 4. The second-order valence-corrected chi connectivity index (χ2v) is 5.85. The molecule has 0 atom stereocenters. The van der Waals surface area contributed by atoms with Gasteiger partial charge in [-0.15, -0.1) is 0 Å². The Morgan fingerprint density at radius 1 is 1.15 bits per heavy atom. The highest BCUT2D eigenvalue weighted by molar-refractivity contribution is 9.10. The normalized spacial score (nSPS) is 10.8. The summed E-state index contributed by atoms with van der Waals surface area (Å²) in [7, 11) is 0. The second kappa shape index (κ2) is 7.04. The minimum Gasteiger partial charge on any atom is -0.380 e. The van der Waals surface area contributed by atoms with E-state index < -0.39 is 5.76 Å². The van der Waals surface area contributed by atoms with Crippen LogP contribution in [-0.2, 0) is 6.54 Å². The molecule has 0 saturated heterocycles. The monoisotopic (exact) mass is 361 g/mol. The van der Waals surface area contributed by atoms with E-state index >= 15 is 0 Å². The first kappa shape index (κ1) is 15.3. The van der Waals surface area contributed by atoms with Crippen molar-refractivity contribution in [1.29, 1.82) is 0 Å². The highest BCUT2D eigenvalue weighted by Gasteiger charge is 2.10. The molecule has 2 aromatic rings. The SMILES string of the molecule is Fc1ccc(Br)c(CNc2ccccc2SC(F)F)c1. The van der Waals surface area contributed by atoms with E-state index in [1.165, 1.54) is 12.1 Å². The average Bonchev–Trinajstić information content (AvgIpc) is 2.41. The molecule has 0 unspecified atom stereocenters. The van der Waals surface area contributed by atoms with Crippen molar-refractivity contribution in [1.82, 2.24) is 0 Å². The molecule has 0 aliphatic rings. The molecule has 0 heterocycles. The Balaban J connectivity index is 2.12. The third kappa shape index (κ3) is 4.18. The number of rotatable bonds is 5. The van der Waals surface area contributed by atoms with Gasteiger partial charge in [-0.3, -0.25) is 0 Å². The van der Waals surface area contributed by atoms with Gasteiger partial charge in [-0.25, -0.2) is 4.39 Å². The van der Waals surface area contributed by atoms with Crippen LogP contribution in [0.2, 0.25) is 0 Å². The molecule has 1 N–H and O–H groups in total. The van der Waals surface area contributed by atoms with Gasteiger partial charge in [-0.1, -0.05) is 39.8 Å². The number of thioether (sulfide) groups is 1. The second-order valence-electron chi connectivity index (χ2n) is 3.96. The van der Waals surface area contributed by atoms with Crippen molar-refractivity contribution < 1.29 is 13.2 Å². The Labute approximate surface area is 127 Å². The summed E-state index contributed by atoms with van der Waals surface area (Å²) in [6, 6.07) is 11.2. The van der Waals surface area contributed by atoms with Gasteiger partial charge in [0.05, 0.1) is 0 Å². The van der Waals surface area contributed by atoms with E-state index in [4.69, 9.17) is 0 Å². The largest absolute Gasteiger partial charge is 0.380 e. The van der Waals surface area contributed by atoms with Crippen LogP contribution in [0.15, 0.2) is 51.8 Å². The standard InChI is InChI=1S/C14H11BrF3NS/c15-11-6-5-10(16)7-9(11)8-19-12-3-1-2-4-13(12)20-14(17)18/h1-7,14,19H,8H2. The molecule has 0 amide bonds. The Kier molecular flexibility index (Phi) is 5.37. The van der Waals surface area contributed by atoms with E-state index in [1.807, 2.05) is 0 Å². The fraction of sp³-hybridized carbons (Fsp3) is 0.143. The van der Waals surface area contributed by atoms with Crippen molar-refractivity contribution in [2.24, 2.45) is 0 Å². The minimum atomic E-state index is -2.47. The maximum absolute atomic E-state index is 13.2. The summed E-state index contributed by atoms with van der Waals surface area (Å²) in [5.41, 5.74) is 1.33. The number of nitrogens with one attached hydrogen (secondary N) is 1. The van der Waals surface area contributed by atoms with Crippen molar-refractivity contribution in [3.8, 4) is 0 Å². The van der Waals surface area contributed by atoms with E-state index in [1.54, 1.807) is 30.3 Å². The van der Waals surface area contributed by atoms with Crippen LogP contribution in [0.3, 0.4) is 0 Å². The summed E-state index contributed by atoms with van der Waals surface area (Å²) in [5.74, 6) is -2.81. The lowest BCUT2D eigenvalue weighted by molar-refractivity contribution is 0.252. The molecule has 0 aliphatic carbocycles. The molecule has 6 heteroatoms. The maximum Gasteiger partial charge on any atom is 0.288 e. The van der Waals surface area contributed by atoms with E-state index in [0.717, 1.165) is 10.0 Å². The zero-order valence-electron chi connectivity index (χ0n) is 10.2. The fourth-order valence-corrected chi connectivity index (χ4v) is 2.68. The van der Waals surface area contributed by atoms with Crippen LogP contribution in [0.1, 0.15) is 5.56 Å². The van der Waals surface area contributed by atoms with Gasteiger partial charge in [0.2, 0.25) is 0 Å². The quantitative estimate of drug-likeness (QED) is 0.704. The van der Waals surface area contributed by atoms with Gasteiger partial charge >= 0.3 is 0 Å². The first-order valence-corrected chi connectivity index (χ1v) is 7.45. The molecule has 0 bridgehead atoms. The fourth-order valence-electron chi connectivity index (χ4n) is 1.68. The van der Waals surface area contributed by atoms with Crippen LogP contribution in [0.5, 0.6) is 0 Å². The first-order chi connectivity index (χ1) is 9.56. The molecule has 0 fully saturated rings. The summed E-state index contributed by atoms with van der Waals surface area (Å²) >= 11 is 3.82. The Morgan fingerprint density at radius 3 is 2.65 bits per heavy atom. The molecular weight excluding hydrogens is 351 g/mol. The summed E-state index contributed by atoms with van der Waals surface area (Å²) < 4.78 is 38.9. The lowest BCUT2D eigenvalue weighted by Crippen LogP contribution is -2.02. The van der Waals surface area contributed by atoms with Gasteiger partial charge in [-0.05, 0) is 35.9 Å². The van der Waals surface area contributed by atoms with Crippen LogP contribution < -0.4 is 5.32 Å². The number of anilines is 1. The molecular formula is C14H11BrF3NS. The molecule has 0 radical (unpaired) electrons. The average molecular weight is 362 g/mol. The van der Waals surface area contributed by atoms with Crippen molar-refractivity contribution in [3.63, 3.8) is 0 Å². The molecule has 0 aliphatic heterocycles. The van der Waals surface area contributed by atoms with Crippen molar-refractivity contribution in [2.45, 2.75) is 17.2 Å². The molecule has 2 rings (SSSR count). The van der Waals surface area contributed by atoms with Crippen LogP contribution in [0.25, 0.3) is 0 Å². The Hall–Kier alpha value is -1.14. The number of hydrogen-bond donors (Lipinski definition) is 1. The van der Waals surface area contributed by atoms with Gasteiger partial charge in [0.1, 0.15) is 5.82 Å². The summed E-state index contributed by atoms with van der Waals surface area (Å²) in [6.07, 6.45) is 0. The highest BCUT2D eigenvalue weighted by Crippen LogP contribution is 2.32. The lowest BCUT2D eigenvalue weighted by atomic mass is 10.2. The summed E-state index contributed by atoms with van der Waals surface area (Å²) in [4.78, 5) is 0.468. The number of para-hydroxylation sites is 1. The van der Waals surface area contributed by atoms with Gasteiger partial charge in [0, 0.05) is 21.6 Å². The topological polar surface area (TPSA) is 12.0 Å². The summed E-state index contributed by atoms with van der Waals surface area (Å²) in [5, 5.41) is 3.05. The van der Waals surface area contributed by atoms with Crippen LogP contribution in [0, 0.1) is 5.82 Å². The van der Waals surface area contributed by atoms with Crippen LogP contribution >= 0.6 is 27.7 Å². The molecule has 1 nitrogen and oxygen atoms in total. The number of benzene rings is 2. The van der Waals surface area contributed by atoms with Gasteiger partial charge in [0.15, 0.2) is 0 Å². The molecule has 0 saturated carbocycles. The van der Waals surface area contributed by atoms with Gasteiger partial charge < -0.3 is 5.32 Å². The van der Waals surface area contributed by atoms with E-state index in [2.05, 4.69) is 21.2 Å². The number of alkyl halides is 2.